The number of piperidine rings is 1. The number of hydroxylamine groups is 1. The summed E-state index contributed by atoms with van der Waals surface area (Å²) in [7, 11) is 1.72. The number of rotatable bonds is 8. The molecule has 3 saturated heterocycles. The zero-order chi connectivity index (χ0) is 27.3. The van der Waals surface area contributed by atoms with Crippen LogP contribution in [-0.2, 0) is 4.84 Å². The summed E-state index contributed by atoms with van der Waals surface area (Å²) in [4.78, 5) is 22.7. The Bertz CT molecular complexity index is 1240. The van der Waals surface area contributed by atoms with Gasteiger partial charge in [0.05, 0.1) is 25.4 Å². The zero-order valence-electron chi connectivity index (χ0n) is 23.7. The summed E-state index contributed by atoms with van der Waals surface area (Å²) >= 11 is 0. The summed E-state index contributed by atoms with van der Waals surface area (Å²) in [5, 5.41) is 5.34. The van der Waals surface area contributed by atoms with E-state index in [0.717, 1.165) is 36.8 Å². The van der Waals surface area contributed by atoms with Gasteiger partial charge in [-0.1, -0.05) is 37.3 Å². The first kappa shape index (κ1) is 26.8. The van der Waals surface area contributed by atoms with Crippen LogP contribution in [-0.4, -0.2) is 85.3 Å². The van der Waals surface area contributed by atoms with Crippen molar-refractivity contribution in [2.24, 2.45) is 0 Å². The lowest BCUT2D eigenvalue weighted by Gasteiger charge is -2.43. The molecule has 3 fully saturated rings. The Morgan fingerprint density at radius 3 is 2.48 bits per heavy atom. The lowest BCUT2D eigenvalue weighted by molar-refractivity contribution is 0.0878. The second kappa shape index (κ2) is 12.4. The van der Waals surface area contributed by atoms with Crippen LogP contribution in [0.15, 0.2) is 60.9 Å². The molecule has 2 aromatic carbocycles. The van der Waals surface area contributed by atoms with Crippen molar-refractivity contribution in [1.82, 2.24) is 19.8 Å². The van der Waals surface area contributed by atoms with E-state index >= 15 is 0 Å². The summed E-state index contributed by atoms with van der Waals surface area (Å²) in [5.74, 6) is 2.23. The van der Waals surface area contributed by atoms with E-state index in [4.69, 9.17) is 9.57 Å². The fraction of sp³-hybridized carbons (Fsp3) is 0.484. The predicted octanol–water partition coefficient (Wildman–Crippen LogP) is 4.72. The number of anilines is 4. The number of hydrogen-bond acceptors (Lipinski definition) is 9. The maximum atomic E-state index is 5.98. The molecular weight excluding hydrogens is 502 g/mol. The number of benzene rings is 2. The standard InChI is InChI=1S/C31H41N7O2/c1-3-35-16-18-37(19-17-35)25-11-14-36(15-12-25)26-9-10-27(29(21-26)39-2)34-30-22-31(33-23-32-30)38-28(13-20-40-38)24-7-5-4-6-8-24/h4-10,21-23,25,28H,3,11-20H2,1-2H3,(H,32,33,34). The molecule has 212 valence electrons. The quantitative estimate of drug-likeness (QED) is 0.435. The molecule has 3 aromatic rings. The summed E-state index contributed by atoms with van der Waals surface area (Å²) in [6.45, 7) is 11.0. The van der Waals surface area contributed by atoms with E-state index in [1.165, 1.54) is 56.8 Å². The monoisotopic (exact) mass is 543 g/mol. The highest BCUT2D eigenvalue weighted by Crippen LogP contribution is 2.36. The Morgan fingerprint density at radius 1 is 0.925 bits per heavy atom. The van der Waals surface area contributed by atoms with Crippen LogP contribution in [0.2, 0.25) is 0 Å². The molecule has 9 heteroatoms. The van der Waals surface area contributed by atoms with E-state index in [-0.39, 0.29) is 6.04 Å². The number of aromatic nitrogens is 2. The highest BCUT2D eigenvalue weighted by Gasteiger charge is 2.30. The number of ether oxygens (including phenoxy) is 1. The SMILES string of the molecule is CCN1CCN(C2CCN(c3ccc(Nc4cc(N5OCCC5c5ccccc5)ncn4)c(OC)c3)CC2)CC1. The molecule has 3 aliphatic heterocycles. The summed E-state index contributed by atoms with van der Waals surface area (Å²) in [6.07, 6.45) is 4.91. The fourth-order valence-electron chi connectivity index (χ4n) is 6.26. The van der Waals surface area contributed by atoms with Gasteiger partial charge in [0.25, 0.3) is 0 Å². The van der Waals surface area contributed by atoms with Gasteiger partial charge in [0.15, 0.2) is 5.82 Å². The van der Waals surface area contributed by atoms with Crippen LogP contribution in [0.1, 0.15) is 37.8 Å². The van der Waals surface area contributed by atoms with Gasteiger partial charge in [-0.05, 0) is 37.1 Å². The highest BCUT2D eigenvalue weighted by atomic mass is 16.7. The Labute approximate surface area is 237 Å². The van der Waals surface area contributed by atoms with Gasteiger partial charge in [-0.15, -0.1) is 0 Å². The topological polar surface area (TPSA) is 69.2 Å². The molecule has 0 bridgehead atoms. The Morgan fingerprint density at radius 2 is 1.73 bits per heavy atom. The lowest BCUT2D eigenvalue weighted by atomic mass is 10.0. The van der Waals surface area contributed by atoms with Crippen molar-refractivity contribution in [3.8, 4) is 5.75 Å². The molecule has 9 nitrogen and oxygen atoms in total. The van der Waals surface area contributed by atoms with Gasteiger partial charge in [-0.3, -0.25) is 9.74 Å². The molecule has 0 saturated carbocycles. The van der Waals surface area contributed by atoms with E-state index in [9.17, 15) is 0 Å². The molecule has 0 amide bonds. The second-order valence-corrected chi connectivity index (χ2v) is 10.8. The van der Waals surface area contributed by atoms with Crippen molar-refractivity contribution in [1.29, 1.82) is 0 Å². The van der Waals surface area contributed by atoms with Crippen LogP contribution in [0, 0.1) is 0 Å². The van der Waals surface area contributed by atoms with Crippen molar-refractivity contribution in [2.75, 3.05) is 74.8 Å². The molecule has 4 heterocycles. The number of piperazine rings is 1. The van der Waals surface area contributed by atoms with Crippen molar-refractivity contribution < 1.29 is 9.57 Å². The third-order valence-corrected chi connectivity index (χ3v) is 8.62. The van der Waals surface area contributed by atoms with Crippen molar-refractivity contribution in [2.45, 2.75) is 38.3 Å². The highest BCUT2D eigenvalue weighted by molar-refractivity contribution is 5.70. The zero-order valence-corrected chi connectivity index (χ0v) is 23.7. The number of nitrogens with one attached hydrogen (secondary N) is 1. The molecule has 1 atom stereocenters. The van der Waals surface area contributed by atoms with Crippen LogP contribution >= 0.6 is 0 Å². The smallest absolute Gasteiger partial charge is 0.158 e. The minimum atomic E-state index is 0.128. The normalized spacial score (nSPS) is 21.1. The van der Waals surface area contributed by atoms with Gasteiger partial charge in [-0.2, -0.15) is 0 Å². The van der Waals surface area contributed by atoms with Gasteiger partial charge in [0.2, 0.25) is 0 Å². The van der Waals surface area contributed by atoms with Crippen LogP contribution in [0.5, 0.6) is 5.75 Å². The van der Waals surface area contributed by atoms with Crippen LogP contribution in [0.25, 0.3) is 0 Å². The number of hydrogen-bond donors (Lipinski definition) is 1. The van der Waals surface area contributed by atoms with Gasteiger partial charge >= 0.3 is 0 Å². The average Bonchev–Trinajstić information content (AvgIpc) is 3.52. The first-order valence-corrected chi connectivity index (χ1v) is 14.7. The molecule has 1 N–H and O–H groups in total. The first-order chi connectivity index (χ1) is 19.7. The van der Waals surface area contributed by atoms with E-state index in [0.29, 0.717) is 18.5 Å². The van der Waals surface area contributed by atoms with E-state index in [1.54, 1.807) is 13.4 Å². The van der Waals surface area contributed by atoms with Crippen molar-refractivity contribution >= 4 is 23.0 Å². The van der Waals surface area contributed by atoms with Crippen LogP contribution in [0.3, 0.4) is 0 Å². The summed E-state index contributed by atoms with van der Waals surface area (Å²) in [5.41, 5.74) is 3.30. The number of likely N-dealkylation sites (N-methyl/N-ethyl adjacent to an activating group) is 1. The largest absolute Gasteiger partial charge is 0.494 e. The van der Waals surface area contributed by atoms with E-state index in [1.807, 2.05) is 17.2 Å². The van der Waals surface area contributed by atoms with E-state index < -0.39 is 0 Å². The van der Waals surface area contributed by atoms with E-state index in [2.05, 4.69) is 79.4 Å². The molecule has 0 aliphatic carbocycles. The number of methoxy groups -OCH3 is 1. The molecule has 6 rings (SSSR count). The molecule has 1 unspecified atom stereocenters. The Balaban J connectivity index is 1.10. The second-order valence-electron chi connectivity index (χ2n) is 10.8. The maximum absolute atomic E-state index is 5.98. The van der Waals surface area contributed by atoms with Gasteiger partial charge in [0, 0.05) is 69.6 Å². The minimum absolute atomic E-state index is 0.128. The lowest BCUT2D eigenvalue weighted by Crippen LogP contribution is -2.53. The van der Waals surface area contributed by atoms with Gasteiger partial charge < -0.3 is 19.9 Å². The third-order valence-electron chi connectivity index (χ3n) is 8.62. The molecule has 3 aliphatic rings. The fourth-order valence-corrected chi connectivity index (χ4v) is 6.26. The Kier molecular flexibility index (Phi) is 8.32. The van der Waals surface area contributed by atoms with Crippen molar-refractivity contribution in [3.05, 3.63) is 66.5 Å². The summed E-state index contributed by atoms with van der Waals surface area (Å²) in [6, 6.07) is 19.6. The Hall–Kier alpha value is -3.40. The van der Waals surface area contributed by atoms with Crippen LogP contribution in [0.4, 0.5) is 23.0 Å². The molecule has 40 heavy (non-hydrogen) atoms. The molecule has 1 aromatic heterocycles. The molecule has 0 radical (unpaired) electrons. The maximum Gasteiger partial charge on any atom is 0.158 e. The molecule has 0 spiro atoms. The summed E-state index contributed by atoms with van der Waals surface area (Å²) < 4.78 is 5.81. The molecular formula is C31H41N7O2. The number of nitrogens with zero attached hydrogens (tertiary/aromatic N) is 6. The third kappa shape index (κ3) is 5.87. The van der Waals surface area contributed by atoms with Crippen molar-refractivity contribution in [3.63, 3.8) is 0 Å². The van der Waals surface area contributed by atoms with Gasteiger partial charge in [-0.25, -0.2) is 15.0 Å². The average molecular weight is 544 g/mol. The van der Waals surface area contributed by atoms with Crippen LogP contribution < -0.4 is 20.0 Å². The predicted molar refractivity (Wildman–Crippen MR) is 159 cm³/mol. The van der Waals surface area contributed by atoms with Gasteiger partial charge in [0.1, 0.15) is 17.9 Å². The minimum Gasteiger partial charge on any atom is -0.494 e. The first-order valence-electron chi connectivity index (χ1n) is 14.7.